The Bertz CT molecular complexity index is 926. The third kappa shape index (κ3) is 5.66. The lowest BCUT2D eigenvalue weighted by Crippen LogP contribution is -2.28. The predicted molar refractivity (Wildman–Crippen MR) is 121 cm³/mol. The zero-order chi connectivity index (χ0) is 22.2. The van der Waals surface area contributed by atoms with Gasteiger partial charge in [0.15, 0.2) is 11.6 Å². The Morgan fingerprint density at radius 2 is 2.16 bits per heavy atom. The monoisotopic (exact) mass is 424 g/mol. The summed E-state index contributed by atoms with van der Waals surface area (Å²) >= 11 is 0. The van der Waals surface area contributed by atoms with E-state index in [-0.39, 0.29) is 30.3 Å². The van der Waals surface area contributed by atoms with Gasteiger partial charge in [0.05, 0.1) is 24.7 Å². The van der Waals surface area contributed by atoms with Crippen molar-refractivity contribution in [1.29, 1.82) is 0 Å². The molecule has 1 unspecified atom stereocenters. The quantitative estimate of drug-likeness (QED) is 0.603. The fourth-order valence-corrected chi connectivity index (χ4v) is 3.56. The van der Waals surface area contributed by atoms with Gasteiger partial charge < -0.3 is 20.3 Å². The van der Waals surface area contributed by atoms with E-state index in [9.17, 15) is 9.18 Å². The van der Waals surface area contributed by atoms with Crippen LogP contribution in [0, 0.1) is 18.2 Å². The lowest BCUT2D eigenvalue weighted by atomic mass is 10.0. The van der Waals surface area contributed by atoms with Gasteiger partial charge in [0, 0.05) is 25.7 Å². The van der Waals surface area contributed by atoms with Crippen LogP contribution in [-0.4, -0.2) is 43.2 Å². The minimum Gasteiger partial charge on any atom is -0.489 e. The summed E-state index contributed by atoms with van der Waals surface area (Å²) in [5, 5.41) is 5.72. The highest BCUT2D eigenvalue weighted by Gasteiger charge is 2.27. The number of nitrogens with zero attached hydrogens (tertiary/aromatic N) is 2. The number of rotatable bonds is 9. The molecule has 0 saturated carbocycles. The number of hydrogen-bond donors (Lipinski definition) is 2. The first-order valence-electron chi connectivity index (χ1n) is 10.6. The second-order valence-corrected chi connectivity index (χ2v) is 7.61. The SMILES string of the molecule is C#CCNC(=O)C(C)c1ccc(O[C@@H]2CCN(c3ccnc(NCCC)c3F)C2)cc1. The highest BCUT2D eigenvalue weighted by Crippen LogP contribution is 2.29. The first-order valence-corrected chi connectivity index (χ1v) is 10.6. The van der Waals surface area contributed by atoms with Crippen LogP contribution in [0.5, 0.6) is 5.75 Å². The summed E-state index contributed by atoms with van der Waals surface area (Å²) in [6.45, 7) is 6.07. The molecule has 6 nitrogen and oxygen atoms in total. The third-order valence-electron chi connectivity index (χ3n) is 5.34. The smallest absolute Gasteiger partial charge is 0.228 e. The Morgan fingerprint density at radius 1 is 1.39 bits per heavy atom. The standard InChI is InChI=1S/C24H29FN4O2/c1-4-12-26-23-22(25)21(10-14-27-23)29-15-11-20(16-29)31-19-8-6-18(7-9-19)17(3)24(30)28-13-5-2/h2,6-10,14,17,20H,4,11-13,15-16H2,1,3H3,(H,26,27)(H,28,30)/t17?,20-/m1/s1. The summed E-state index contributed by atoms with van der Waals surface area (Å²) in [5.41, 5.74) is 1.43. The first-order chi connectivity index (χ1) is 15.0. The van der Waals surface area contributed by atoms with E-state index in [0.717, 1.165) is 24.2 Å². The van der Waals surface area contributed by atoms with Crippen LogP contribution in [0.3, 0.4) is 0 Å². The highest BCUT2D eigenvalue weighted by atomic mass is 19.1. The van der Waals surface area contributed by atoms with Gasteiger partial charge in [-0.05, 0) is 37.1 Å². The summed E-state index contributed by atoms with van der Waals surface area (Å²) < 4.78 is 20.9. The summed E-state index contributed by atoms with van der Waals surface area (Å²) in [6, 6.07) is 9.20. The summed E-state index contributed by atoms with van der Waals surface area (Å²) in [4.78, 5) is 18.2. The molecule has 31 heavy (non-hydrogen) atoms. The van der Waals surface area contributed by atoms with Crippen LogP contribution >= 0.6 is 0 Å². The number of anilines is 2. The Balaban J connectivity index is 1.58. The molecule has 3 rings (SSSR count). The van der Waals surface area contributed by atoms with Gasteiger partial charge in [-0.25, -0.2) is 9.37 Å². The molecule has 0 aliphatic carbocycles. The van der Waals surface area contributed by atoms with Crippen molar-refractivity contribution in [1.82, 2.24) is 10.3 Å². The molecule has 1 aliphatic rings. The van der Waals surface area contributed by atoms with Crippen LogP contribution in [0.2, 0.25) is 0 Å². The van der Waals surface area contributed by atoms with Gasteiger partial charge in [-0.2, -0.15) is 0 Å². The van der Waals surface area contributed by atoms with E-state index in [1.165, 1.54) is 0 Å². The van der Waals surface area contributed by atoms with Gasteiger partial charge in [0.25, 0.3) is 0 Å². The van der Waals surface area contributed by atoms with Crippen molar-refractivity contribution in [2.75, 3.05) is 36.4 Å². The van der Waals surface area contributed by atoms with E-state index in [4.69, 9.17) is 11.2 Å². The molecule has 2 N–H and O–H groups in total. The van der Waals surface area contributed by atoms with Crippen LogP contribution in [0.4, 0.5) is 15.9 Å². The van der Waals surface area contributed by atoms with E-state index < -0.39 is 0 Å². The number of pyridine rings is 1. The third-order valence-corrected chi connectivity index (χ3v) is 5.34. The number of nitrogens with one attached hydrogen (secondary N) is 2. The molecule has 164 valence electrons. The zero-order valence-corrected chi connectivity index (χ0v) is 18.0. The number of benzene rings is 1. The molecule has 1 aromatic heterocycles. The van der Waals surface area contributed by atoms with Crippen molar-refractivity contribution in [3.05, 3.63) is 47.9 Å². The number of amides is 1. The largest absolute Gasteiger partial charge is 0.489 e. The molecule has 2 heterocycles. The van der Waals surface area contributed by atoms with Gasteiger partial charge in [0.2, 0.25) is 5.91 Å². The molecule has 7 heteroatoms. The van der Waals surface area contributed by atoms with Crippen LogP contribution < -0.4 is 20.3 Å². The molecular formula is C24H29FN4O2. The zero-order valence-electron chi connectivity index (χ0n) is 18.0. The van der Waals surface area contributed by atoms with Crippen LogP contribution in [0.15, 0.2) is 36.5 Å². The molecule has 1 aliphatic heterocycles. The predicted octanol–water partition coefficient (Wildman–Crippen LogP) is 3.55. The lowest BCUT2D eigenvalue weighted by molar-refractivity contribution is -0.121. The molecule has 1 fully saturated rings. The van der Waals surface area contributed by atoms with Crippen molar-refractivity contribution in [3.8, 4) is 18.1 Å². The number of terminal acetylenes is 1. The van der Waals surface area contributed by atoms with Crippen LogP contribution in [0.1, 0.15) is 38.2 Å². The second kappa shape index (κ2) is 10.7. The van der Waals surface area contributed by atoms with Gasteiger partial charge in [-0.3, -0.25) is 4.79 Å². The van der Waals surface area contributed by atoms with Gasteiger partial charge in [-0.15, -0.1) is 6.42 Å². The maximum absolute atomic E-state index is 14.8. The van der Waals surface area contributed by atoms with E-state index >= 15 is 0 Å². The molecule has 0 bridgehead atoms. The minimum atomic E-state index is -0.321. The summed E-state index contributed by atoms with van der Waals surface area (Å²) in [6.07, 6.45) is 8.47. The van der Waals surface area contributed by atoms with Crippen molar-refractivity contribution >= 4 is 17.4 Å². The fourth-order valence-electron chi connectivity index (χ4n) is 3.56. The number of aromatic nitrogens is 1. The summed E-state index contributed by atoms with van der Waals surface area (Å²) in [5.74, 6) is 2.69. The van der Waals surface area contributed by atoms with E-state index in [2.05, 4.69) is 21.5 Å². The number of carbonyl (C=O) groups is 1. The second-order valence-electron chi connectivity index (χ2n) is 7.61. The van der Waals surface area contributed by atoms with Crippen LogP contribution in [0.25, 0.3) is 0 Å². The molecular weight excluding hydrogens is 395 g/mol. The number of carbonyl (C=O) groups excluding carboxylic acids is 1. The van der Waals surface area contributed by atoms with E-state index in [1.807, 2.05) is 43.0 Å². The van der Waals surface area contributed by atoms with Crippen molar-refractivity contribution in [2.24, 2.45) is 0 Å². The number of halogens is 1. The van der Waals surface area contributed by atoms with Crippen molar-refractivity contribution in [2.45, 2.75) is 38.7 Å². The molecule has 2 atom stereocenters. The van der Waals surface area contributed by atoms with E-state index in [0.29, 0.717) is 31.1 Å². The topological polar surface area (TPSA) is 66.5 Å². The van der Waals surface area contributed by atoms with Gasteiger partial charge in [0.1, 0.15) is 11.9 Å². The average Bonchev–Trinajstić information content (AvgIpc) is 3.25. The Kier molecular flexibility index (Phi) is 7.71. The van der Waals surface area contributed by atoms with Gasteiger partial charge in [-0.1, -0.05) is 25.0 Å². The number of ether oxygens (including phenoxy) is 1. The fraction of sp³-hybridized carbons (Fsp3) is 0.417. The van der Waals surface area contributed by atoms with Crippen LogP contribution in [-0.2, 0) is 4.79 Å². The van der Waals surface area contributed by atoms with Gasteiger partial charge >= 0.3 is 0 Å². The highest BCUT2D eigenvalue weighted by molar-refractivity contribution is 5.83. The van der Waals surface area contributed by atoms with Crippen molar-refractivity contribution < 1.29 is 13.9 Å². The molecule has 2 aromatic rings. The Morgan fingerprint density at radius 3 is 2.87 bits per heavy atom. The van der Waals surface area contributed by atoms with Crippen molar-refractivity contribution in [3.63, 3.8) is 0 Å². The Labute approximate surface area is 183 Å². The molecule has 1 aromatic carbocycles. The van der Waals surface area contributed by atoms with E-state index in [1.54, 1.807) is 12.3 Å². The molecule has 1 amide bonds. The molecule has 1 saturated heterocycles. The normalized spacial score (nSPS) is 16.5. The lowest BCUT2D eigenvalue weighted by Gasteiger charge is -2.21. The Hall–Kier alpha value is -3.27. The summed E-state index contributed by atoms with van der Waals surface area (Å²) in [7, 11) is 0. The molecule has 0 radical (unpaired) electrons. The maximum atomic E-state index is 14.8. The first kappa shape index (κ1) is 22.4. The number of hydrogen-bond acceptors (Lipinski definition) is 5. The average molecular weight is 425 g/mol. The maximum Gasteiger partial charge on any atom is 0.228 e. The minimum absolute atomic E-state index is 0.0400. The molecule has 0 spiro atoms.